The van der Waals surface area contributed by atoms with Crippen LogP contribution in [0.5, 0.6) is 0 Å². The molecule has 4 N–H and O–H groups in total. The molecule has 1 aromatic heterocycles. The fourth-order valence-corrected chi connectivity index (χ4v) is 12.5. The maximum atomic E-state index is 14.7. The van der Waals surface area contributed by atoms with Crippen LogP contribution in [0, 0.1) is 17.8 Å². The summed E-state index contributed by atoms with van der Waals surface area (Å²) in [6.07, 6.45) is -2.57. The van der Waals surface area contributed by atoms with Gasteiger partial charge in [0, 0.05) is 76.9 Å². The van der Waals surface area contributed by atoms with Crippen LogP contribution in [0.15, 0.2) is 29.2 Å². The number of carbonyl (C=O) groups is 3. The molecule has 20 nitrogen and oxygen atoms in total. The Labute approximate surface area is 475 Å². The monoisotopic (exact) mass is 1130 g/mol. The summed E-state index contributed by atoms with van der Waals surface area (Å²) >= 11 is 0. The number of carbonyl (C=O) groups excluding carboxylic acids is 2. The molecule has 2 aromatic rings. The Balaban J connectivity index is 1.30. The van der Waals surface area contributed by atoms with Crippen LogP contribution in [0.2, 0.25) is 0 Å². The molecular formula is C60H99N3O17. The Morgan fingerprint density at radius 1 is 0.887 bits per heavy atom. The third-order valence-corrected chi connectivity index (χ3v) is 17.1. The van der Waals surface area contributed by atoms with Crippen LogP contribution in [-0.4, -0.2) is 198 Å². The minimum absolute atomic E-state index is 0.190. The summed E-state index contributed by atoms with van der Waals surface area (Å²) in [6.45, 7) is 23.7. The highest BCUT2D eigenvalue weighted by Gasteiger charge is 2.54. The first kappa shape index (κ1) is 67.2. The third-order valence-electron chi connectivity index (χ3n) is 17.1. The maximum absolute atomic E-state index is 14.7. The van der Waals surface area contributed by atoms with Gasteiger partial charge in [0.2, 0.25) is 5.43 Å². The smallest absolute Gasteiger partial charge is 0.341 e. The number of aryl methyl sites for hydroxylation is 2. The molecule has 5 rings (SSSR count). The van der Waals surface area contributed by atoms with Gasteiger partial charge >= 0.3 is 17.9 Å². The molecule has 0 saturated carbocycles. The number of nitrogens with zero attached hydrogens (tertiary/aromatic N) is 3. The van der Waals surface area contributed by atoms with E-state index in [1.165, 1.54) is 20.0 Å². The molecule has 0 unspecified atom stereocenters. The summed E-state index contributed by atoms with van der Waals surface area (Å²) in [5, 5.41) is 46.6. The van der Waals surface area contributed by atoms with E-state index in [9.17, 15) is 39.6 Å². The number of carboxylic acids is 1. The van der Waals surface area contributed by atoms with Gasteiger partial charge in [0.1, 0.15) is 29.5 Å². The number of aliphatic hydroxyl groups is 3. The Kier molecular flexibility index (Phi) is 24.6. The van der Waals surface area contributed by atoms with Crippen molar-refractivity contribution in [3.8, 4) is 0 Å². The zero-order chi connectivity index (χ0) is 59.6. The number of aromatic nitrogens is 1. The van der Waals surface area contributed by atoms with Crippen molar-refractivity contribution in [3.63, 3.8) is 0 Å². The van der Waals surface area contributed by atoms with Gasteiger partial charge in [-0.05, 0) is 152 Å². The van der Waals surface area contributed by atoms with Crippen LogP contribution in [0.4, 0.5) is 0 Å². The van der Waals surface area contributed by atoms with E-state index in [-0.39, 0.29) is 42.9 Å². The molecule has 80 heavy (non-hydrogen) atoms. The molecule has 0 aliphatic carbocycles. The number of likely N-dealkylation sites (N-methyl/N-ethyl adjacent to an activating group) is 2. The van der Waals surface area contributed by atoms with E-state index in [2.05, 4.69) is 0 Å². The van der Waals surface area contributed by atoms with Gasteiger partial charge in [-0.1, -0.05) is 26.8 Å². The van der Waals surface area contributed by atoms with Crippen molar-refractivity contribution in [2.45, 2.75) is 238 Å². The predicted molar refractivity (Wildman–Crippen MR) is 301 cm³/mol. The summed E-state index contributed by atoms with van der Waals surface area (Å²) < 4.78 is 59.8. The summed E-state index contributed by atoms with van der Waals surface area (Å²) in [5.41, 5.74) is -3.46. The standard InChI is InChI=1S/C60H99N3O17/c1-17-47-60(12,71)52(66)39(7)62(15)33-35(3)31-58(10,70)53(80-57-51(77-41(9)64)46(61(13)14)29-36(4)75-57)37(5)50(38(6)56(69)78-47)79-48-32-59(11,72-16)54(40(8)76-48)74-28-21-19-20-26-73-27-22-23-42-24-25-45-43(30-42)49(65)44(55(67)68)34-63(45)18-2/h24-25,30,34-40,46-48,50-54,57,66,70-71H,17-23,26-29,31-33H2,1-16H3,(H,67,68)/t35-,36-,37+,38-,39-,40+,46+,47-,48+,50+,51-,52+,53-,54+,57+,58-,59-,60-/m1/s1. The van der Waals surface area contributed by atoms with Gasteiger partial charge in [-0.3, -0.25) is 14.4 Å². The van der Waals surface area contributed by atoms with Gasteiger partial charge in [0.05, 0.1) is 53.1 Å². The molecular weight excluding hydrogens is 1030 g/mol. The van der Waals surface area contributed by atoms with E-state index < -0.39 is 113 Å². The van der Waals surface area contributed by atoms with E-state index in [0.29, 0.717) is 56.7 Å². The Morgan fingerprint density at radius 2 is 1.56 bits per heavy atom. The number of cyclic esters (lactones) is 1. The van der Waals surface area contributed by atoms with Crippen LogP contribution >= 0.6 is 0 Å². The number of pyridine rings is 1. The van der Waals surface area contributed by atoms with Crippen molar-refractivity contribution < 1.29 is 77.4 Å². The number of methoxy groups -OCH3 is 1. The molecule has 18 atom stereocenters. The van der Waals surface area contributed by atoms with Gasteiger partial charge in [-0.15, -0.1) is 0 Å². The van der Waals surface area contributed by atoms with E-state index >= 15 is 0 Å². The molecule has 3 aliphatic heterocycles. The van der Waals surface area contributed by atoms with Crippen molar-refractivity contribution in [2.75, 3.05) is 54.6 Å². The lowest BCUT2D eigenvalue weighted by molar-refractivity contribution is -0.321. The molecule has 0 amide bonds. The summed E-state index contributed by atoms with van der Waals surface area (Å²) in [6, 6.07) is 4.76. The summed E-state index contributed by atoms with van der Waals surface area (Å²) in [7, 11) is 7.25. The molecule has 456 valence electrons. The molecule has 4 heterocycles. The van der Waals surface area contributed by atoms with E-state index in [4.69, 9.17) is 42.6 Å². The minimum Gasteiger partial charge on any atom is -0.477 e. The highest BCUT2D eigenvalue weighted by molar-refractivity contribution is 5.92. The number of fused-ring (bicyclic) bond motifs is 1. The molecule has 0 spiro atoms. The molecule has 3 saturated heterocycles. The Morgan fingerprint density at radius 3 is 2.19 bits per heavy atom. The fraction of sp³-hybridized carbons (Fsp3) is 0.800. The number of aromatic carboxylic acids is 1. The highest BCUT2D eigenvalue weighted by atomic mass is 16.7. The second-order valence-corrected chi connectivity index (χ2v) is 24.2. The number of aliphatic hydroxyl groups excluding tert-OH is 1. The number of benzene rings is 1. The zero-order valence-corrected chi connectivity index (χ0v) is 50.8. The molecule has 3 aliphatic rings. The predicted octanol–water partition coefficient (Wildman–Crippen LogP) is 6.35. The highest BCUT2D eigenvalue weighted by Crippen LogP contribution is 2.41. The minimum atomic E-state index is -1.85. The van der Waals surface area contributed by atoms with Crippen molar-refractivity contribution in [1.29, 1.82) is 0 Å². The van der Waals surface area contributed by atoms with E-state index in [1.54, 1.807) is 45.4 Å². The summed E-state index contributed by atoms with van der Waals surface area (Å²) in [4.78, 5) is 55.9. The lowest BCUT2D eigenvalue weighted by atomic mass is 9.77. The number of hydrogen-bond acceptors (Lipinski definition) is 18. The van der Waals surface area contributed by atoms with Crippen LogP contribution in [-0.2, 0) is 65.2 Å². The number of rotatable bonds is 21. The molecule has 0 bridgehead atoms. The average Bonchev–Trinajstić information content (AvgIpc) is 3.39. The lowest BCUT2D eigenvalue weighted by Gasteiger charge is -2.49. The van der Waals surface area contributed by atoms with Crippen molar-refractivity contribution in [3.05, 3.63) is 45.7 Å². The molecule has 0 radical (unpaired) electrons. The van der Waals surface area contributed by atoms with Crippen molar-refractivity contribution in [2.24, 2.45) is 17.8 Å². The number of ether oxygens (including phenoxy) is 9. The van der Waals surface area contributed by atoms with Crippen LogP contribution in [0.3, 0.4) is 0 Å². The Hall–Kier alpha value is -3.64. The third kappa shape index (κ3) is 16.6. The maximum Gasteiger partial charge on any atom is 0.341 e. The second-order valence-electron chi connectivity index (χ2n) is 24.2. The molecule has 3 fully saturated rings. The zero-order valence-electron chi connectivity index (χ0n) is 50.8. The normalized spacial score (nSPS) is 36.3. The van der Waals surface area contributed by atoms with Gasteiger partial charge in [-0.2, -0.15) is 0 Å². The topological polar surface area (TPSA) is 244 Å². The first-order valence-electron chi connectivity index (χ1n) is 29.1. The lowest BCUT2D eigenvalue weighted by Crippen LogP contribution is -2.61. The summed E-state index contributed by atoms with van der Waals surface area (Å²) in [5.74, 6) is -4.52. The van der Waals surface area contributed by atoms with E-state index in [1.807, 2.05) is 84.6 Å². The number of esters is 2. The van der Waals surface area contributed by atoms with Gasteiger partial charge in [0.25, 0.3) is 0 Å². The Bertz CT molecular complexity index is 2380. The average molecular weight is 1130 g/mol. The van der Waals surface area contributed by atoms with Gasteiger partial charge in [0.15, 0.2) is 18.7 Å². The number of unbranched alkanes of at least 4 members (excludes halogenated alkanes) is 2. The fourth-order valence-electron chi connectivity index (χ4n) is 12.5. The quantitative estimate of drug-likeness (QED) is 0.0786. The number of carboxylic acid groups (broad SMARTS) is 1. The SMILES string of the molecule is CC[C@H]1OC(=O)[C@H](C)[C@@H](O[C@H]2C[C@@](C)(OC)[C@@H](OCCCCCOCCCc3ccc4c(c3)c(=O)c(C(=O)O)cn4CC)[C@H](C)O2)[C@H](C)[C@@H](O[C@@H]2O[C@H](C)C[C@H](N(C)C)[C@H]2OC(C)=O)[C@](C)(O)C[C@@H](C)CN(C)[C@H](C)[C@H](O)[C@]1(C)O. The second kappa shape index (κ2) is 29.2. The molecule has 1 aromatic carbocycles. The van der Waals surface area contributed by atoms with Gasteiger partial charge < -0.3 is 77.4 Å². The first-order valence-corrected chi connectivity index (χ1v) is 29.1. The van der Waals surface area contributed by atoms with Crippen molar-refractivity contribution >= 4 is 28.8 Å². The van der Waals surface area contributed by atoms with E-state index in [0.717, 1.165) is 31.2 Å². The van der Waals surface area contributed by atoms with Gasteiger partial charge in [-0.25, -0.2) is 4.79 Å². The molecule has 20 heteroatoms. The van der Waals surface area contributed by atoms with Crippen LogP contribution < -0.4 is 5.43 Å². The van der Waals surface area contributed by atoms with Crippen molar-refractivity contribution in [1.82, 2.24) is 14.4 Å². The number of hydrogen-bond donors (Lipinski definition) is 4. The largest absolute Gasteiger partial charge is 0.477 e. The van der Waals surface area contributed by atoms with Crippen LogP contribution in [0.25, 0.3) is 10.9 Å². The first-order chi connectivity index (χ1) is 37.5. The van der Waals surface area contributed by atoms with Crippen LogP contribution in [0.1, 0.15) is 150 Å².